The van der Waals surface area contributed by atoms with E-state index >= 15 is 0 Å². The van der Waals surface area contributed by atoms with E-state index in [2.05, 4.69) is 20.8 Å². The largest absolute Gasteiger partial charge is 0.416 e. The molecule has 2 aromatic rings. The van der Waals surface area contributed by atoms with E-state index in [1.165, 1.54) is 30.7 Å². The Morgan fingerprint density at radius 1 is 1.30 bits per heavy atom. The normalized spacial score (nSPS) is 12.5. The van der Waals surface area contributed by atoms with Crippen LogP contribution in [0.2, 0.25) is 0 Å². The van der Waals surface area contributed by atoms with Crippen molar-refractivity contribution < 1.29 is 18.0 Å². The summed E-state index contributed by atoms with van der Waals surface area (Å²) in [6.45, 7) is 1.73. The zero-order chi connectivity index (χ0) is 16.9. The maximum absolute atomic E-state index is 12.8. The Morgan fingerprint density at radius 3 is 2.70 bits per heavy atom. The Bertz CT molecular complexity index is 661. The van der Waals surface area contributed by atoms with E-state index in [-0.39, 0.29) is 0 Å². The summed E-state index contributed by atoms with van der Waals surface area (Å²) >= 11 is 0. The van der Waals surface area contributed by atoms with Crippen molar-refractivity contribution in [1.29, 1.82) is 0 Å². The summed E-state index contributed by atoms with van der Waals surface area (Å²) in [6.07, 6.45) is 0.243. The van der Waals surface area contributed by atoms with Crippen LogP contribution >= 0.6 is 0 Å². The first-order valence-electron chi connectivity index (χ1n) is 6.91. The highest BCUT2D eigenvalue weighted by atomic mass is 19.4. The summed E-state index contributed by atoms with van der Waals surface area (Å²) in [5.74, 6) is -0.821. The molecule has 1 atom stereocenters. The van der Waals surface area contributed by atoms with Gasteiger partial charge in [0.1, 0.15) is 0 Å². The van der Waals surface area contributed by atoms with Crippen molar-refractivity contribution in [2.24, 2.45) is 0 Å². The van der Waals surface area contributed by atoms with Gasteiger partial charge in [-0.15, -0.1) is 0 Å². The highest BCUT2D eigenvalue weighted by molar-refractivity contribution is 5.84. The molecule has 5 nitrogen and oxygen atoms in total. The fraction of sp³-hybridized carbons (Fsp3) is 0.267. The molecule has 122 valence electrons. The number of benzene rings is 1. The molecule has 1 aromatic carbocycles. The van der Waals surface area contributed by atoms with Crippen LogP contribution in [0, 0.1) is 0 Å². The molecule has 0 radical (unpaired) electrons. The van der Waals surface area contributed by atoms with Gasteiger partial charge in [0, 0.05) is 12.4 Å². The summed E-state index contributed by atoms with van der Waals surface area (Å²) in [5.41, 5.74) is 4.54. The molecule has 1 aromatic heterocycles. The van der Waals surface area contributed by atoms with Crippen molar-refractivity contribution in [2.75, 3.05) is 5.43 Å². The van der Waals surface area contributed by atoms with Crippen molar-refractivity contribution in [2.45, 2.75) is 25.4 Å². The summed E-state index contributed by atoms with van der Waals surface area (Å²) in [7, 11) is 0. The van der Waals surface area contributed by atoms with E-state index in [0.29, 0.717) is 17.8 Å². The van der Waals surface area contributed by atoms with Gasteiger partial charge in [-0.05, 0) is 18.1 Å². The summed E-state index contributed by atoms with van der Waals surface area (Å²) < 4.78 is 38.3. The van der Waals surface area contributed by atoms with Gasteiger partial charge in [0.15, 0.2) is 5.82 Å². The van der Waals surface area contributed by atoms with Crippen LogP contribution in [0.25, 0.3) is 0 Å². The molecule has 1 heterocycles. The first kappa shape index (κ1) is 16.7. The number of nitrogens with one attached hydrogen (secondary N) is 2. The summed E-state index contributed by atoms with van der Waals surface area (Å²) in [4.78, 5) is 19.9. The molecule has 0 bridgehead atoms. The Labute approximate surface area is 130 Å². The van der Waals surface area contributed by atoms with Gasteiger partial charge in [-0.3, -0.25) is 20.6 Å². The second-order valence-corrected chi connectivity index (χ2v) is 4.79. The van der Waals surface area contributed by atoms with Crippen LogP contribution in [0.5, 0.6) is 0 Å². The van der Waals surface area contributed by atoms with E-state index in [1.54, 1.807) is 6.92 Å². The zero-order valence-electron chi connectivity index (χ0n) is 12.3. The number of hydrazine groups is 1. The van der Waals surface area contributed by atoms with Crippen LogP contribution in [0.3, 0.4) is 0 Å². The topological polar surface area (TPSA) is 66.9 Å². The van der Waals surface area contributed by atoms with E-state index in [4.69, 9.17) is 0 Å². The van der Waals surface area contributed by atoms with Crippen molar-refractivity contribution in [3.8, 4) is 0 Å². The van der Waals surface area contributed by atoms with Crippen LogP contribution in [-0.2, 0) is 11.0 Å². The lowest BCUT2D eigenvalue weighted by Crippen LogP contribution is -2.34. The molecule has 0 aliphatic heterocycles. The van der Waals surface area contributed by atoms with Gasteiger partial charge in [-0.2, -0.15) is 13.2 Å². The standard InChI is InChI=1S/C15H15F3N4O/c1-2-12(10-4-3-5-11(8-10)15(16,17)18)14(23)22-21-13-9-19-6-7-20-13/h3-9,12H,2H2,1H3,(H,20,21)(H,22,23)/t12-/m0/s1. The second-order valence-electron chi connectivity index (χ2n) is 4.79. The fourth-order valence-electron chi connectivity index (χ4n) is 2.08. The van der Waals surface area contributed by atoms with Gasteiger partial charge in [0.25, 0.3) is 0 Å². The number of alkyl halides is 3. The highest BCUT2D eigenvalue weighted by Gasteiger charge is 2.31. The van der Waals surface area contributed by atoms with E-state index in [0.717, 1.165) is 12.1 Å². The summed E-state index contributed by atoms with van der Waals surface area (Å²) in [5, 5.41) is 0. The van der Waals surface area contributed by atoms with Crippen LogP contribution in [0.15, 0.2) is 42.9 Å². The number of nitrogens with zero attached hydrogens (tertiary/aromatic N) is 2. The number of amides is 1. The van der Waals surface area contributed by atoms with Crippen molar-refractivity contribution >= 4 is 11.7 Å². The number of rotatable bonds is 5. The number of carbonyl (C=O) groups excluding carboxylic acids is 1. The average Bonchev–Trinajstić information content (AvgIpc) is 2.54. The molecule has 8 heteroatoms. The van der Waals surface area contributed by atoms with E-state index in [9.17, 15) is 18.0 Å². The molecule has 0 saturated heterocycles. The minimum atomic E-state index is -4.44. The molecule has 0 aliphatic rings. The van der Waals surface area contributed by atoms with Crippen LogP contribution < -0.4 is 10.9 Å². The number of hydrogen-bond donors (Lipinski definition) is 2. The zero-order valence-corrected chi connectivity index (χ0v) is 12.3. The monoisotopic (exact) mass is 324 g/mol. The molecule has 1 amide bonds. The number of anilines is 1. The van der Waals surface area contributed by atoms with Gasteiger partial charge >= 0.3 is 6.18 Å². The van der Waals surface area contributed by atoms with E-state index < -0.39 is 23.6 Å². The number of carbonyl (C=O) groups is 1. The number of aromatic nitrogens is 2. The number of halogens is 3. The lowest BCUT2D eigenvalue weighted by Gasteiger charge is -2.17. The van der Waals surface area contributed by atoms with Crippen molar-refractivity contribution in [3.63, 3.8) is 0 Å². The van der Waals surface area contributed by atoms with Crippen molar-refractivity contribution in [1.82, 2.24) is 15.4 Å². The molecule has 23 heavy (non-hydrogen) atoms. The predicted octanol–water partition coefficient (Wildman–Crippen LogP) is 3.13. The minimum Gasteiger partial charge on any atom is -0.281 e. The third kappa shape index (κ3) is 4.41. The average molecular weight is 324 g/mol. The summed E-state index contributed by atoms with van der Waals surface area (Å²) in [6, 6.07) is 4.78. The first-order chi connectivity index (χ1) is 10.9. The molecular formula is C15H15F3N4O. The predicted molar refractivity (Wildman–Crippen MR) is 78.3 cm³/mol. The lowest BCUT2D eigenvalue weighted by atomic mass is 9.94. The Hall–Kier alpha value is -2.64. The molecule has 0 aliphatic carbocycles. The first-order valence-corrected chi connectivity index (χ1v) is 6.91. The molecule has 0 fully saturated rings. The van der Waals surface area contributed by atoms with Crippen LogP contribution in [-0.4, -0.2) is 15.9 Å². The quantitative estimate of drug-likeness (QED) is 0.829. The van der Waals surface area contributed by atoms with Gasteiger partial charge in [-0.25, -0.2) is 4.98 Å². The second kappa shape index (κ2) is 7.08. The molecule has 0 unspecified atom stereocenters. The Morgan fingerprint density at radius 2 is 2.09 bits per heavy atom. The molecular weight excluding hydrogens is 309 g/mol. The lowest BCUT2D eigenvalue weighted by molar-refractivity contribution is -0.137. The van der Waals surface area contributed by atoms with Gasteiger partial charge in [-0.1, -0.05) is 25.1 Å². The molecule has 0 spiro atoms. The Balaban J connectivity index is 2.11. The van der Waals surface area contributed by atoms with Gasteiger partial charge in [0.05, 0.1) is 17.7 Å². The van der Waals surface area contributed by atoms with Crippen LogP contribution in [0.4, 0.5) is 19.0 Å². The molecule has 0 saturated carbocycles. The smallest absolute Gasteiger partial charge is 0.281 e. The Kier molecular flexibility index (Phi) is 5.15. The van der Waals surface area contributed by atoms with Crippen LogP contribution in [0.1, 0.15) is 30.4 Å². The van der Waals surface area contributed by atoms with E-state index in [1.807, 2.05) is 0 Å². The van der Waals surface area contributed by atoms with Gasteiger partial charge < -0.3 is 0 Å². The SMILES string of the molecule is CC[C@H](C(=O)NNc1cnccn1)c1cccc(C(F)(F)F)c1. The maximum atomic E-state index is 12.8. The van der Waals surface area contributed by atoms with Crippen molar-refractivity contribution in [3.05, 3.63) is 54.0 Å². The highest BCUT2D eigenvalue weighted by Crippen LogP contribution is 2.31. The maximum Gasteiger partial charge on any atom is 0.416 e. The number of hydrogen-bond acceptors (Lipinski definition) is 4. The molecule has 2 rings (SSSR count). The fourth-order valence-corrected chi connectivity index (χ4v) is 2.08. The van der Waals surface area contributed by atoms with Gasteiger partial charge in [0.2, 0.25) is 5.91 Å². The third-order valence-electron chi connectivity index (χ3n) is 3.22. The minimum absolute atomic E-state index is 0.306. The molecule has 2 N–H and O–H groups in total. The third-order valence-corrected chi connectivity index (χ3v) is 3.22.